The smallest absolute Gasteiger partial charge is 0.264 e. The van der Waals surface area contributed by atoms with Crippen LogP contribution in [-0.4, -0.2) is 30.3 Å². The Hall–Kier alpha value is -1.66. The average molecular weight is 350 g/mol. The van der Waals surface area contributed by atoms with Crippen LogP contribution in [0.2, 0.25) is 0 Å². The third kappa shape index (κ3) is 6.09. The highest BCUT2D eigenvalue weighted by Gasteiger charge is 2.17. The second-order valence-electron chi connectivity index (χ2n) is 7.17. The summed E-state index contributed by atoms with van der Waals surface area (Å²) in [6, 6.07) is 8.49. The molecule has 2 rings (SSSR count). The molecule has 0 fully saturated rings. The molecule has 0 spiro atoms. The van der Waals surface area contributed by atoms with Crippen LogP contribution >= 0.6 is 0 Å². The fraction of sp³-hybridized carbons (Fsp3) is 0.500. The molecule has 2 aromatic rings. The van der Waals surface area contributed by atoms with Crippen LogP contribution in [0.5, 0.6) is 0 Å². The van der Waals surface area contributed by atoms with Gasteiger partial charge in [0.1, 0.15) is 0 Å². The molecule has 1 heterocycles. The Balaban J connectivity index is 2.01. The zero-order valence-electron chi connectivity index (χ0n) is 14.8. The molecule has 1 atom stereocenters. The van der Waals surface area contributed by atoms with Crippen LogP contribution in [0.3, 0.4) is 0 Å². The third-order valence-electron chi connectivity index (χ3n) is 3.86. The van der Waals surface area contributed by atoms with Crippen LogP contribution in [0.1, 0.15) is 38.3 Å². The molecule has 6 heteroatoms. The molecule has 1 aromatic heterocycles. The van der Waals surface area contributed by atoms with Gasteiger partial charge in [0.05, 0.1) is 25.2 Å². The Morgan fingerprint density at radius 3 is 2.38 bits per heavy atom. The van der Waals surface area contributed by atoms with Gasteiger partial charge in [-0.2, -0.15) is 8.42 Å². The molecule has 0 radical (unpaired) electrons. The van der Waals surface area contributed by atoms with Crippen LogP contribution in [-0.2, 0) is 32.7 Å². The molecule has 24 heavy (non-hydrogen) atoms. The van der Waals surface area contributed by atoms with Crippen molar-refractivity contribution in [2.75, 3.05) is 6.26 Å². The van der Waals surface area contributed by atoms with Gasteiger partial charge < -0.3 is 4.57 Å². The lowest BCUT2D eigenvalue weighted by Crippen LogP contribution is -2.23. The Bertz CT molecular complexity index is 730. The van der Waals surface area contributed by atoms with Crippen LogP contribution in [0.4, 0.5) is 0 Å². The predicted octanol–water partition coefficient (Wildman–Crippen LogP) is 3.16. The maximum atomic E-state index is 11.5. The van der Waals surface area contributed by atoms with Gasteiger partial charge in [0.15, 0.2) is 0 Å². The Labute approximate surface area is 144 Å². The number of aromatic nitrogens is 2. The minimum Gasteiger partial charge on any atom is -0.335 e. The molecule has 0 amide bonds. The highest BCUT2D eigenvalue weighted by atomic mass is 32.2. The Morgan fingerprint density at radius 2 is 1.88 bits per heavy atom. The van der Waals surface area contributed by atoms with E-state index in [1.807, 2.05) is 4.57 Å². The van der Waals surface area contributed by atoms with Gasteiger partial charge in [-0.3, -0.25) is 4.18 Å². The van der Waals surface area contributed by atoms with E-state index in [2.05, 4.69) is 50.0 Å². The lowest BCUT2D eigenvalue weighted by molar-refractivity contribution is 0.179. The summed E-state index contributed by atoms with van der Waals surface area (Å²) >= 11 is 0. The third-order valence-corrected chi connectivity index (χ3v) is 4.48. The van der Waals surface area contributed by atoms with Crippen LogP contribution in [0.15, 0.2) is 43.0 Å². The van der Waals surface area contributed by atoms with Gasteiger partial charge in [-0.05, 0) is 29.4 Å². The van der Waals surface area contributed by atoms with Crippen molar-refractivity contribution in [3.8, 4) is 0 Å². The molecule has 1 aromatic carbocycles. The molecular weight excluding hydrogens is 324 g/mol. The minimum absolute atomic E-state index is 0.127. The van der Waals surface area contributed by atoms with Gasteiger partial charge in [-0.1, -0.05) is 45.0 Å². The molecule has 0 bridgehead atoms. The summed E-state index contributed by atoms with van der Waals surface area (Å²) in [5, 5.41) is 0. The van der Waals surface area contributed by atoms with Crippen molar-refractivity contribution in [3.05, 3.63) is 54.1 Å². The van der Waals surface area contributed by atoms with Gasteiger partial charge >= 0.3 is 0 Å². The van der Waals surface area contributed by atoms with E-state index in [1.54, 1.807) is 18.7 Å². The number of hydrogen-bond donors (Lipinski definition) is 0. The zero-order chi connectivity index (χ0) is 17.8. The number of hydrogen-bond acceptors (Lipinski definition) is 4. The first kappa shape index (κ1) is 18.7. The SMILES string of the molecule is CC(C)(C)c1ccc(CCC(Cn2ccnc2)OS(C)(=O)=O)cc1. The Morgan fingerprint density at radius 1 is 1.21 bits per heavy atom. The van der Waals surface area contributed by atoms with Crippen LogP contribution in [0, 0.1) is 0 Å². The van der Waals surface area contributed by atoms with Gasteiger partial charge in [0.25, 0.3) is 10.1 Å². The first-order valence-corrected chi connectivity index (χ1v) is 9.88. The molecule has 0 aliphatic rings. The van der Waals surface area contributed by atoms with Crippen molar-refractivity contribution in [3.63, 3.8) is 0 Å². The predicted molar refractivity (Wildman–Crippen MR) is 95.4 cm³/mol. The number of aryl methyl sites for hydroxylation is 1. The van der Waals surface area contributed by atoms with Crippen LogP contribution in [0.25, 0.3) is 0 Å². The fourth-order valence-corrected chi connectivity index (χ4v) is 3.20. The number of imidazole rings is 1. The summed E-state index contributed by atoms with van der Waals surface area (Å²) in [6.07, 6.45) is 7.21. The molecule has 1 unspecified atom stereocenters. The lowest BCUT2D eigenvalue weighted by atomic mass is 9.86. The first-order chi connectivity index (χ1) is 11.1. The maximum absolute atomic E-state index is 11.5. The highest BCUT2D eigenvalue weighted by molar-refractivity contribution is 7.86. The molecule has 0 saturated heterocycles. The van der Waals surface area contributed by atoms with E-state index in [4.69, 9.17) is 4.18 Å². The van der Waals surface area contributed by atoms with Crippen molar-refractivity contribution >= 4 is 10.1 Å². The monoisotopic (exact) mass is 350 g/mol. The quantitative estimate of drug-likeness (QED) is 0.720. The number of benzene rings is 1. The van der Waals surface area contributed by atoms with Gasteiger partial charge in [0, 0.05) is 12.4 Å². The van der Waals surface area contributed by atoms with Gasteiger partial charge in [-0.15, -0.1) is 0 Å². The van der Waals surface area contributed by atoms with E-state index in [-0.39, 0.29) is 5.41 Å². The van der Waals surface area contributed by atoms with E-state index in [9.17, 15) is 8.42 Å². The van der Waals surface area contributed by atoms with Gasteiger partial charge in [0.2, 0.25) is 0 Å². The second-order valence-corrected chi connectivity index (χ2v) is 8.77. The van der Waals surface area contributed by atoms with E-state index in [1.165, 1.54) is 11.1 Å². The lowest BCUT2D eigenvalue weighted by Gasteiger charge is -2.20. The molecule has 0 aliphatic heterocycles. The maximum Gasteiger partial charge on any atom is 0.264 e. The summed E-state index contributed by atoms with van der Waals surface area (Å²) in [5.41, 5.74) is 2.59. The zero-order valence-corrected chi connectivity index (χ0v) is 15.6. The molecule has 132 valence electrons. The van der Waals surface area contributed by atoms with Crippen molar-refractivity contribution < 1.29 is 12.6 Å². The summed E-state index contributed by atoms with van der Waals surface area (Å²) in [5.74, 6) is 0. The van der Waals surface area contributed by atoms with E-state index in [0.29, 0.717) is 13.0 Å². The molecule has 0 aliphatic carbocycles. The van der Waals surface area contributed by atoms with E-state index >= 15 is 0 Å². The van der Waals surface area contributed by atoms with Crippen molar-refractivity contribution in [2.45, 2.75) is 51.7 Å². The highest BCUT2D eigenvalue weighted by Crippen LogP contribution is 2.22. The van der Waals surface area contributed by atoms with Crippen molar-refractivity contribution in [1.82, 2.24) is 9.55 Å². The van der Waals surface area contributed by atoms with Gasteiger partial charge in [-0.25, -0.2) is 4.98 Å². The topological polar surface area (TPSA) is 61.2 Å². The second kappa shape index (κ2) is 7.49. The average Bonchev–Trinajstić information content (AvgIpc) is 2.95. The van der Waals surface area contributed by atoms with Crippen molar-refractivity contribution in [1.29, 1.82) is 0 Å². The molecule has 0 N–H and O–H groups in total. The summed E-state index contributed by atoms with van der Waals surface area (Å²) in [4.78, 5) is 3.98. The molecule has 5 nitrogen and oxygen atoms in total. The summed E-state index contributed by atoms with van der Waals surface area (Å²) < 4.78 is 30.0. The molecular formula is C18H26N2O3S. The Kier molecular flexibility index (Phi) is 5.83. The fourth-order valence-electron chi connectivity index (χ4n) is 2.55. The van der Waals surface area contributed by atoms with Crippen LogP contribution < -0.4 is 0 Å². The summed E-state index contributed by atoms with van der Waals surface area (Å²) in [6.45, 7) is 7.02. The van der Waals surface area contributed by atoms with E-state index < -0.39 is 16.2 Å². The number of rotatable bonds is 7. The minimum atomic E-state index is -3.49. The van der Waals surface area contributed by atoms with Crippen molar-refractivity contribution in [2.24, 2.45) is 0 Å². The standard InChI is InChI=1S/C18H26N2O3S/c1-18(2,3)16-8-5-15(6-9-16)7-10-17(23-24(4,21)22)13-20-12-11-19-14-20/h5-6,8-9,11-12,14,17H,7,10,13H2,1-4H3. The largest absolute Gasteiger partial charge is 0.335 e. The first-order valence-electron chi connectivity index (χ1n) is 8.07. The van der Waals surface area contributed by atoms with E-state index in [0.717, 1.165) is 12.7 Å². The number of nitrogens with zero attached hydrogens (tertiary/aromatic N) is 2. The normalized spacial score (nSPS) is 13.8. The molecule has 0 saturated carbocycles. The summed E-state index contributed by atoms with van der Waals surface area (Å²) in [7, 11) is -3.49.